The summed E-state index contributed by atoms with van der Waals surface area (Å²) in [6.07, 6.45) is 0. The molecular formula is C14H16N4O2. The summed E-state index contributed by atoms with van der Waals surface area (Å²) in [6, 6.07) is 10.5. The zero-order valence-electron chi connectivity index (χ0n) is 11.4. The van der Waals surface area contributed by atoms with Crippen molar-refractivity contribution in [2.45, 2.75) is 6.92 Å². The summed E-state index contributed by atoms with van der Waals surface area (Å²) in [7, 11) is 1.74. The van der Waals surface area contributed by atoms with Crippen LogP contribution in [0.5, 0.6) is 5.75 Å². The first-order valence-corrected chi connectivity index (χ1v) is 6.28. The second kappa shape index (κ2) is 6.51. The van der Waals surface area contributed by atoms with Crippen LogP contribution in [-0.4, -0.2) is 29.8 Å². The van der Waals surface area contributed by atoms with Crippen molar-refractivity contribution >= 4 is 17.4 Å². The summed E-state index contributed by atoms with van der Waals surface area (Å²) in [5.41, 5.74) is 0.909. The second-order valence-corrected chi connectivity index (χ2v) is 3.97. The van der Waals surface area contributed by atoms with E-state index in [1.54, 1.807) is 31.3 Å². The molecule has 0 aliphatic carbocycles. The Morgan fingerprint density at radius 2 is 2.10 bits per heavy atom. The first kappa shape index (κ1) is 13.8. The van der Waals surface area contributed by atoms with E-state index in [1.807, 2.05) is 19.1 Å². The second-order valence-electron chi connectivity index (χ2n) is 3.97. The molecule has 6 heteroatoms. The van der Waals surface area contributed by atoms with E-state index in [0.717, 1.165) is 0 Å². The van der Waals surface area contributed by atoms with Crippen molar-refractivity contribution in [1.29, 1.82) is 0 Å². The third kappa shape index (κ3) is 3.44. The van der Waals surface area contributed by atoms with Crippen molar-refractivity contribution in [3.8, 4) is 5.75 Å². The number of amides is 1. The fraction of sp³-hybridized carbons (Fsp3) is 0.214. The van der Waals surface area contributed by atoms with Gasteiger partial charge in [0.2, 0.25) is 0 Å². The van der Waals surface area contributed by atoms with Crippen LogP contribution in [-0.2, 0) is 0 Å². The van der Waals surface area contributed by atoms with Crippen molar-refractivity contribution in [3.05, 3.63) is 42.1 Å². The Bertz CT molecular complexity index is 584. The third-order valence-electron chi connectivity index (χ3n) is 2.56. The maximum absolute atomic E-state index is 12.0. The minimum Gasteiger partial charge on any atom is -0.494 e. The third-order valence-corrected chi connectivity index (χ3v) is 2.56. The molecule has 2 N–H and O–H groups in total. The average molecular weight is 272 g/mol. The van der Waals surface area contributed by atoms with Gasteiger partial charge in [0.25, 0.3) is 5.91 Å². The Morgan fingerprint density at radius 1 is 1.25 bits per heavy atom. The molecule has 0 radical (unpaired) electrons. The summed E-state index contributed by atoms with van der Waals surface area (Å²) in [6.45, 7) is 2.48. The molecule has 2 rings (SSSR count). The van der Waals surface area contributed by atoms with E-state index in [9.17, 15) is 4.79 Å². The smallest absolute Gasteiger partial charge is 0.276 e. The van der Waals surface area contributed by atoms with E-state index in [0.29, 0.717) is 23.9 Å². The summed E-state index contributed by atoms with van der Waals surface area (Å²) in [5.74, 6) is 1.01. The lowest BCUT2D eigenvalue weighted by Gasteiger charge is -2.07. The van der Waals surface area contributed by atoms with E-state index in [-0.39, 0.29) is 11.6 Å². The van der Waals surface area contributed by atoms with Gasteiger partial charge >= 0.3 is 0 Å². The van der Waals surface area contributed by atoms with Crippen molar-refractivity contribution in [1.82, 2.24) is 10.2 Å². The Morgan fingerprint density at radius 3 is 2.75 bits per heavy atom. The van der Waals surface area contributed by atoms with Gasteiger partial charge in [-0.15, -0.1) is 10.2 Å². The molecule has 0 unspecified atom stereocenters. The first-order valence-electron chi connectivity index (χ1n) is 6.28. The first-order chi connectivity index (χ1) is 9.72. The number of hydrogen-bond acceptors (Lipinski definition) is 5. The SMILES string of the molecule is CCOc1cccc(NC(=O)c2ccc(NC)nn2)c1. The van der Waals surface area contributed by atoms with E-state index in [4.69, 9.17) is 4.74 Å². The zero-order chi connectivity index (χ0) is 14.4. The molecule has 104 valence electrons. The van der Waals surface area contributed by atoms with Gasteiger partial charge in [-0.1, -0.05) is 6.07 Å². The molecule has 1 amide bonds. The van der Waals surface area contributed by atoms with Crippen molar-refractivity contribution < 1.29 is 9.53 Å². The maximum atomic E-state index is 12.0. The highest BCUT2D eigenvalue weighted by molar-refractivity contribution is 6.02. The van der Waals surface area contributed by atoms with Crippen molar-refractivity contribution in [2.24, 2.45) is 0 Å². The van der Waals surface area contributed by atoms with Crippen LogP contribution >= 0.6 is 0 Å². The highest BCUT2D eigenvalue weighted by Crippen LogP contribution is 2.17. The molecule has 0 saturated carbocycles. The molecule has 20 heavy (non-hydrogen) atoms. The molecule has 1 heterocycles. The van der Waals surface area contributed by atoms with Gasteiger partial charge < -0.3 is 15.4 Å². The van der Waals surface area contributed by atoms with Crippen molar-refractivity contribution in [3.63, 3.8) is 0 Å². The minimum atomic E-state index is -0.311. The molecule has 0 fully saturated rings. The molecule has 1 aromatic heterocycles. The number of benzene rings is 1. The topological polar surface area (TPSA) is 76.1 Å². The number of nitrogens with one attached hydrogen (secondary N) is 2. The molecular weight excluding hydrogens is 256 g/mol. The van der Waals surface area contributed by atoms with Gasteiger partial charge in [0.1, 0.15) is 11.6 Å². The number of carbonyl (C=O) groups is 1. The van der Waals surface area contributed by atoms with Crippen LogP contribution in [0.1, 0.15) is 17.4 Å². The normalized spacial score (nSPS) is 9.90. The van der Waals surface area contributed by atoms with Gasteiger partial charge in [-0.25, -0.2) is 0 Å². The fourth-order valence-corrected chi connectivity index (χ4v) is 1.61. The van der Waals surface area contributed by atoms with Gasteiger partial charge in [0.15, 0.2) is 5.69 Å². The number of hydrogen-bond donors (Lipinski definition) is 2. The van der Waals surface area contributed by atoms with Gasteiger partial charge in [-0.2, -0.15) is 0 Å². The summed E-state index contributed by atoms with van der Waals surface area (Å²) < 4.78 is 5.38. The fourth-order valence-electron chi connectivity index (χ4n) is 1.61. The molecule has 0 atom stereocenters. The molecule has 2 aromatic rings. The molecule has 6 nitrogen and oxygen atoms in total. The van der Waals surface area contributed by atoms with E-state index in [2.05, 4.69) is 20.8 Å². The number of nitrogens with zero attached hydrogens (tertiary/aromatic N) is 2. The number of ether oxygens (including phenoxy) is 1. The van der Waals surface area contributed by atoms with E-state index in [1.165, 1.54) is 0 Å². The van der Waals surface area contributed by atoms with Crippen molar-refractivity contribution in [2.75, 3.05) is 24.3 Å². The average Bonchev–Trinajstić information content (AvgIpc) is 2.48. The molecule has 1 aromatic carbocycles. The lowest BCUT2D eigenvalue weighted by molar-refractivity contribution is 0.102. The predicted octanol–water partition coefficient (Wildman–Crippen LogP) is 2.17. The minimum absolute atomic E-state index is 0.255. The molecule has 0 aliphatic heterocycles. The molecule has 0 aliphatic rings. The Labute approximate surface area is 117 Å². The molecule has 0 spiro atoms. The number of anilines is 2. The number of rotatable bonds is 5. The van der Waals surface area contributed by atoms with Gasteiger partial charge in [0, 0.05) is 18.8 Å². The number of aromatic nitrogens is 2. The zero-order valence-corrected chi connectivity index (χ0v) is 11.4. The Kier molecular flexibility index (Phi) is 4.49. The lowest BCUT2D eigenvalue weighted by atomic mass is 10.3. The maximum Gasteiger partial charge on any atom is 0.276 e. The van der Waals surface area contributed by atoms with Crippen LogP contribution in [0.25, 0.3) is 0 Å². The Hall–Kier alpha value is -2.63. The van der Waals surface area contributed by atoms with E-state index < -0.39 is 0 Å². The highest BCUT2D eigenvalue weighted by Gasteiger charge is 2.08. The van der Waals surface area contributed by atoms with Gasteiger partial charge in [-0.05, 0) is 31.2 Å². The molecule has 0 bridgehead atoms. The predicted molar refractivity (Wildman–Crippen MR) is 77.1 cm³/mol. The summed E-state index contributed by atoms with van der Waals surface area (Å²) in [5, 5.41) is 13.3. The highest BCUT2D eigenvalue weighted by atomic mass is 16.5. The van der Waals surface area contributed by atoms with Gasteiger partial charge in [-0.3, -0.25) is 4.79 Å². The molecule has 0 saturated heterocycles. The van der Waals surface area contributed by atoms with Crippen LogP contribution in [0.15, 0.2) is 36.4 Å². The monoisotopic (exact) mass is 272 g/mol. The van der Waals surface area contributed by atoms with E-state index >= 15 is 0 Å². The quantitative estimate of drug-likeness (QED) is 0.872. The van der Waals surface area contributed by atoms with Crippen LogP contribution in [0, 0.1) is 0 Å². The summed E-state index contributed by atoms with van der Waals surface area (Å²) in [4.78, 5) is 12.0. The summed E-state index contributed by atoms with van der Waals surface area (Å²) >= 11 is 0. The lowest BCUT2D eigenvalue weighted by Crippen LogP contribution is -2.14. The van der Waals surface area contributed by atoms with Crippen LogP contribution < -0.4 is 15.4 Å². The largest absolute Gasteiger partial charge is 0.494 e. The van der Waals surface area contributed by atoms with Crippen LogP contribution in [0.4, 0.5) is 11.5 Å². The van der Waals surface area contributed by atoms with Crippen LogP contribution in [0.2, 0.25) is 0 Å². The Balaban J connectivity index is 2.08. The standard InChI is InChI=1S/C14H16N4O2/c1-3-20-11-6-4-5-10(9-11)16-14(19)12-7-8-13(15-2)18-17-12/h4-9H,3H2,1-2H3,(H,15,18)(H,16,19). The number of carbonyl (C=O) groups excluding carboxylic acids is 1. The van der Waals surface area contributed by atoms with Gasteiger partial charge in [0.05, 0.1) is 6.61 Å². The van der Waals surface area contributed by atoms with Crippen LogP contribution in [0.3, 0.4) is 0 Å².